The Morgan fingerprint density at radius 3 is 2.58 bits per heavy atom. The maximum atomic E-state index is 14.1. The fourth-order valence-electron chi connectivity index (χ4n) is 1.98. The average molecular weight is 408 g/mol. The molecule has 0 aliphatic heterocycles. The summed E-state index contributed by atoms with van der Waals surface area (Å²) in [4.78, 5) is 0. The van der Waals surface area contributed by atoms with E-state index in [2.05, 4.69) is 37.2 Å². The second-order valence-electron chi connectivity index (χ2n) is 4.02. The molecule has 5 heteroatoms. The normalized spacial score (nSPS) is 12.5. The zero-order valence-corrected chi connectivity index (χ0v) is 14.0. The van der Waals surface area contributed by atoms with Gasteiger partial charge in [0, 0.05) is 19.5 Å². The van der Waals surface area contributed by atoms with E-state index in [-0.39, 0.29) is 11.9 Å². The molecule has 0 aliphatic rings. The molecule has 1 nitrogen and oxygen atoms in total. The van der Waals surface area contributed by atoms with Crippen molar-refractivity contribution in [2.45, 2.75) is 6.04 Å². The van der Waals surface area contributed by atoms with E-state index in [1.165, 1.54) is 6.07 Å². The summed E-state index contributed by atoms with van der Waals surface area (Å²) >= 11 is 13.1. The number of rotatable bonds is 3. The molecule has 0 aliphatic carbocycles. The Balaban J connectivity index is 2.59. The first-order valence-electron chi connectivity index (χ1n) is 5.60. The maximum absolute atomic E-state index is 14.1. The Kier molecular flexibility index (Phi) is 5.01. The summed E-state index contributed by atoms with van der Waals surface area (Å²) in [7, 11) is 1.78. The maximum Gasteiger partial charge on any atom is 0.129 e. The predicted molar refractivity (Wildman–Crippen MR) is 84.2 cm³/mol. The topological polar surface area (TPSA) is 12.0 Å². The fraction of sp³-hybridized carbons (Fsp3) is 0.143. The van der Waals surface area contributed by atoms with Crippen molar-refractivity contribution >= 4 is 43.5 Å². The van der Waals surface area contributed by atoms with Gasteiger partial charge in [-0.05, 0) is 42.9 Å². The SMILES string of the molecule is CNC(c1cc(Br)ccc1Br)c1c(F)cccc1Cl. The van der Waals surface area contributed by atoms with Crippen LogP contribution in [0.25, 0.3) is 0 Å². The van der Waals surface area contributed by atoms with E-state index in [4.69, 9.17) is 11.6 Å². The Morgan fingerprint density at radius 1 is 1.21 bits per heavy atom. The molecule has 2 aromatic carbocycles. The van der Waals surface area contributed by atoms with Gasteiger partial charge < -0.3 is 5.32 Å². The van der Waals surface area contributed by atoms with Crippen molar-refractivity contribution < 1.29 is 4.39 Å². The van der Waals surface area contributed by atoms with Gasteiger partial charge in [-0.3, -0.25) is 0 Å². The van der Waals surface area contributed by atoms with Crippen LogP contribution in [0.2, 0.25) is 5.02 Å². The van der Waals surface area contributed by atoms with Crippen molar-refractivity contribution in [1.82, 2.24) is 5.32 Å². The number of hydrogen-bond donors (Lipinski definition) is 1. The fourth-order valence-corrected chi connectivity index (χ4v) is 3.10. The van der Waals surface area contributed by atoms with Crippen LogP contribution >= 0.6 is 43.5 Å². The summed E-state index contributed by atoms with van der Waals surface area (Å²) < 4.78 is 15.9. The second-order valence-corrected chi connectivity index (χ2v) is 6.20. The summed E-state index contributed by atoms with van der Waals surface area (Å²) in [6, 6.07) is 10.2. The zero-order chi connectivity index (χ0) is 14.0. The first-order valence-corrected chi connectivity index (χ1v) is 7.57. The van der Waals surface area contributed by atoms with Crippen LogP contribution in [0.5, 0.6) is 0 Å². The third kappa shape index (κ3) is 3.19. The monoisotopic (exact) mass is 405 g/mol. The standard InChI is InChI=1S/C14H11Br2ClFN/c1-19-14(9-7-8(15)5-6-10(9)16)13-11(17)3-2-4-12(13)18/h2-7,14,19H,1H3. The van der Waals surface area contributed by atoms with Crippen LogP contribution in [-0.4, -0.2) is 7.05 Å². The third-order valence-electron chi connectivity index (χ3n) is 2.85. The molecular formula is C14H11Br2ClFN. The van der Waals surface area contributed by atoms with Gasteiger partial charge in [-0.1, -0.05) is 49.5 Å². The van der Waals surface area contributed by atoms with Gasteiger partial charge in [0.25, 0.3) is 0 Å². The van der Waals surface area contributed by atoms with Crippen LogP contribution in [0.3, 0.4) is 0 Å². The molecule has 0 fully saturated rings. The summed E-state index contributed by atoms with van der Waals surface area (Å²) in [6.45, 7) is 0. The first-order chi connectivity index (χ1) is 9.04. The molecule has 1 N–H and O–H groups in total. The molecular weight excluding hydrogens is 396 g/mol. The lowest BCUT2D eigenvalue weighted by Gasteiger charge is -2.20. The van der Waals surface area contributed by atoms with Crippen LogP contribution in [0.4, 0.5) is 4.39 Å². The smallest absolute Gasteiger partial charge is 0.129 e. The lowest BCUT2D eigenvalue weighted by atomic mass is 9.98. The van der Waals surface area contributed by atoms with Gasteiger partial charge in [0.15, 0.2) is 0 Å². The highest BCUT2D eigenvalue weighted by Crippen LogP contribution is 2.35. The lowest BCUT2D eigenvalue weighted by Crippen LogP contribution is -2.20. The van der Waals surface area contributed by atoms with E-state index in [9.17, 15) is 4.39 Å². The minimum absolute atomic E-state index is 0.319. The quantitative estimate of drug-likeness (QED) is 0.727. The van der Waals surface area contributed by atoms with Crippen molar-refractivity contribution in [2.75, 3.05) is 7.05 Å². The van der Waals surface area contributed by atoms with Gasteiger partial charge in [-0.2, -0.15) is 0 Å². The minimum atomic E-state index is -0.321. The second kappa shape index (κ2) is 6.35. The summed E-state index contributed by atoms with van der Waals surface area (Å²) in [6.07, 6.45) is 0. The molecule has 0 amide bonds. The highest BCUT2D eigenvalue weighted by Gasteiger charge is 2.21. The van der Waals surface area contributed by atoms with Crippen LogP contribution < -0.4 is 5.32 Å². The van der Waals surface area contributed by atoms with E-state index < -0.39 is 0 Å². The Bertz CT molecular complexity index is 584. The van der Waals surface area contributed by atoms with Crippen LogP contribution in [0.15, 0.2) is 45.3 Å². The van der Waals surface area contributed by atoms with Gasteiger partial charge in [0.1, 0.15) is 5.82 Å². The van der Waals surface area contributed by atoms with E-state index >= 15 is 0 Å². The molecule has 0 bridgehead atoms. The Labute approximate surface area is 133 Å². The van der Waals surface area contributed by atoms with E-state index in [0.717, 1.165) is 14.5 Å². The molecule has 2 rings (SSSR count). The lowest BCUT2D eigenvalue weighted by molar-refractivity contribution is 0.575. The van der Waals surface area contributed by atoms with Crippen LogP contribution in [0, 0.1) is 5.82 Å². The summed E-state index contributed by atoms with van der Waals surface area (Å²) in [5.74, 6) is -0.321. The van der Waals surface area contributed by atoms with Crippen molar-refractivity contribution in [1.29, 1.82) is 0 Å². The van der Waals surface area contributed by atoms with Crippen LogP contribution in [0.1, 0.15) is 17.2 Å². The summed E-state index contributed by atoms with van der Waals surface area (Å²) in [5.41, 5.74) is 1.37. The predicted octanol–water partition coefficient (Wildman–Crippen LogP) is 5.31. The number of nitrogens with one attached hydrogen (secondary N) is 1. The number of halogens is 4. The molecule has 0 saturated heterocycles. The van der Waals surface area contributed by atoms with Crippen molar-refractivity contribution in [3.05, 3.63) is 67.3 Å². The minimum Gasteiger partial charge on any atom is -0.309 e. The molecule has 0 heterocycles. The van der Waals surface area contributed by atoms with Crippen molar-refractivity contribution in [3.8, 4) is 0 Å². The van der Waals surface area contributed by atoms with Crippen molar-refractivity contribution in [3.63, 3.8) is 0 Å². The third-order valence-corrected chi connectivity index (χ3v) is 4.39. The molecule has 0 radical (unpaired) electrons. The van der Waals surface area contributed by atoms with Crippen molar-refractivity contribution in [2.24, 2.45) is 0 Å². The van der Waals surface area contributed by atoms with Gasteiger partial charge >= 0.3 is 0 Å². The van der Waals surface area contributed by atoms with Gasteiger partial charge in [-0.15, -0.1) is 0 Å². The Hall–Kier alpha value is -0.420. The van der Waals surface area contributed by atoms with E-state index in [1.54, 1.807) is 19.2 Å². The molecule has 1 atom stereocenters. The summed E-state index contributed by atoms with van der Waals surface area (Å²) in [5, 5.41) is 3.52. The highest BCUT2D eigenvalue weighted by atomic mass is 79.9. The number of benzene rings is 2. The highest BCUT2D eigenvalue weighted by molar-refractivity contribution is 9.11. The van der Waals surface area contributed by atoms with Gasteiger partial charge in [0.05, 0.1) is 6.04 Å². The molecule has 19 heavy (non-hydrogen) atoms. The molecule has 1 unspecified atom stereocenters. The van der Waals surface area contributed by atoms with Gasteiger partial charge in [-0.25, -0.2) is 4.39 Å². The molecule has 0 saturated carbocycles. The van der Waals surface area contributed by atoms with Gasteiger partial charge in [0.2, 0.25) is 0 Å². The molecule has 0 aromatic heterocycles. The Morgan fingerprint density at radius 2 is 1.95 bits per heavy atom. The van der Waals surface area contributed by atoms with E-state index in [0.29, 0.717) is 10.6 Å². The molecule has 2 aromatic rings. The zero-order valence-electron chi connectivity index (χ0n) is 10.1. The number of hydrogen-bond acceptors (Lipinski definition) is 1. The first kappa shape index (κ1) is 15.0. The molecule has 0 spiro atoms. The largest absolute Gasteiger partial charge is 0.309 e. The van der Waals surface area contributed by atoms with E-state index in [1.807, 2.05) is 18.2 Å². The molecule has 100 valence electrons. The van der Waals surface area contributed by atoms with Crippen LogP contribution in [-0.2, 0) is 0 Å². The average Bonchev–Trinajstić information content (AvgIpc) is 2.37.